The Morgan fingerprint density at radius 3 is 2.31 bits per heavy atom. The van der Waals surface area contributed by atoms with E-state index in [2.05, 4.69) is 0 Å². The number of amides is 1. The molecule has 0 spiro atoms. The van der Waals surface area contributed by atoms with Crippen LogP contribution in [0, 0.1) is 5.82 Å². The SMILES string of the molecule is CCOC(Cc1ccc(OCCN(CCCOCc2ccccc2)C(=O)Oc2ccccc2F)cc1)C(=O)O. The molecule has 39 heavy (non-hydrogen) atoms. The Morgan fingerprint density at radius 2 is 1.62 bits per heavy atom. The van der Waals surface area contributed by atoms with Crippen molar-refractivity contribution >= 4 is 12.1 Å². The van der Waals surface area contributed by atoms with Crippen molar-refractivity contribution in [3.05, 3.63) is 95.8 Å². The third-order valence-corrected chi connectivity index (χ3v) is 5.74. The normalized spacial score (nSPS) is 11.5. The molecule has 208 valence electrons. The number of carbonyl (C=O) groups excluding carboxylic acids is 1. The van der Waals surface area contributed by atoms with Crippen LogP contribution >= 0.6 is 0 Å². The van der Waals surface area contributed by atoms with E-state index in [1.807, 2.05) is 30.3 Å². The molecule has 0 aliphatic rings. The maximum atomic E-state index is 14.0. The summed E-state index contributed by atoms with van der Waals surface area (Å²) in [4.78, 5) is 25.6. The number of aliphatic carboxylic acids is 1. The Morgan fingerprint density at radius 1 is 0.897 bits per heavy atom. The summed E-state index contributed by atoms with van der Waals surface area (Å²) >= 11 is 0. The summed E-state index contributed by atoms with van der Waals surface area (Å²) in [5.74, 6) is -1.21. The average molecular weight is 540 g/mol. The third kappa shape index (κ3) is 10.4. The predicted molar refractivity (Wildman–Crippen MR) is 143 cm³/mol. The largest absolute Gasteiger partial charge is 0.492 e. The van der Waals surface area contributed by atoms with Crippen LogP contribution in [0.15, 0.2) is 78.9 Å². The number of benzene rings is 3. The smallest absolute Gasteiger partial charge is 0.415 e. The van der Waals surface area contributed by atoms with E-state index in [1.165, 1.54) is 23.1 Å². The van der Waals surface area contributed by atoms with E-state index in [1.54, 1.807) is 37.3 Å². The monoisotopic (exact) mass is 539 g/mol. The number of carboxylic acid groups (broad SMARTS) is 1. The molecule has 9 heteroatoms. The molecule has 0 aromatic heterocycles. The Balaban J connectivity index is 1.51. The molecule has 0 heterocycles. The van der Waals surface area contributed by atoms with Crippen molar-refractivity contribution in [1.82, 2.24) is 4.90 Å². The Labute approximate surface area is 227 Å². The molecular formula is C30H34FNO7. The zero-order valence-electron chi connectivity index (χ0n) is 22.0. The molecule has 0 saturated carbocycles. The minimum absolute atomic E-state index is 0.143. The number of carbonyl (C=O) groups is 2. The van der Waals surface area contributed by atoms with Gasteiger partial charge >= 0.3 is 12.1 Å². The first kappa shape index (κ1) is 29.6. The molecule has 0 aliphatic heterocycles. The van der Waals surface area contributed by atoms with Gasteiger partial charge in [-0.1, -0.05) is 54.6 Å². The fourth-order valence-corrected chi connectivity index (χ4v) is 3.73. The number of halogens is 1. The van der Waals surface area contributed by atoms with Gasteiger partial charge in [0.2, 0.25) is 0 Å². The standard InChI is InChI=1S/C30H34FNO7/c1-2-37-28(29(33)34)21-23-13-15-25(16-14-23)38-20-18-32(30(35)39-27-12-7-6-11-26(27)31)17-8-19-36-22-24-9-4-3-5-10-24/h3-7,9-16,28H,2,8,17-22H2,1H3,(H,33,34). The molecule has 1 atom stereocenters. The van der Waals surface area contributed by atoms with E-state index in [4.69, 9.17) is 18.9 Å². The molecule has 1 unspecified atom stereocenters. The number of hydrogen-bond donors (Lipinski definition) is 1. The van der Waals surface area contributed by atoms with Gasteiger partial charge in [-0.2, -0.15) is 0 Å². The van der Waals surface area contributed by atoms with Gasteiger partial charge in [-0.25, -0.2) is 14.0 Å². The second kappa shape index (κ2) is 16.1. The summed E-state index contributed by atoms with van der Waals surface area (Å²) in [5.41, 5.74) is 1.86. The fourth-order valence-electron chi connectivity index (χ4n) is 3.73. The molecule has 1 amide bonds. The predicted octanol–water partition coefficient (Wildman–Crippen LogP) is 5.34. The highest BCUT2D eigenvalue weighted by molar-refractivity contribution is 5.72. The number of para-hydroxylation sites is 1. The van der Waals surface area contributed by atoms with Crippen LogP contribution in [-0.2, 0) is 27.3 Å². The van der Waals surface area contributed by atoms with E-state index >= 15 is 0 Å². The van der Waals surface area contributed by atoms with Gasteiger partial charge in [0, 0.05) is 26.2 Å². The number of rotatable bonds is 16. The Kier molecular flexibility index (Phi) is 12.2. The van der Waals surface area contributed by atoms with Crippen LogP contribution in [0.4, 0.5) is 9.18 Å². The highest BCUT2D eigenvalue weighted by Crippen LogP contribution is 2.18. The molecular weight excluding hydrogens is 505 g/mol. The van der Waals surface area contributed by atoms with Crippen molar-refractivity contribution in [2.24, 2.45) is 0 Å². The Bertz CT molecular complexity index is 1160. The molecule has 8 nitrogen and oxygen atoms in total. The van der Waals surface area contributed by atoms with Crippen molar-refractivity contribution in [2.45, 2.75) is 32.5 Å². The van der Waals surface area contributed by atoms with E-state index < -0.39 is 24.0 Å². The van der Waals surface area contributed by atoms with Gasteiger partial charge in [-0.05, 0) is 48.7 Å². The molecule has 0 radical (unpaired) electrons. The molecule has 3 aromatic carbocycles. The summed E-state index contributed by atoms with van der Waals surface area (Å²) in [5, 5.41) is 9.26. The van der Waals surface area contributed by atoms with E-state index in [0.29, 0.717) is 38.5 Å². The zero-order valence-corrected chi connectivity index (χ0v) is 22.0. The molecule has 3 rings (SSSR count). The average Bonchev–Trinajstić information content (AvgIpc) is 2.94. The minimum atomic E-state index is -1.01. The molecule has 1 N–H and O–H groups in total. The second-order valence-corrected chi connectivity index (χ2v) is 8.66. The molecule has 0 bridgehead atoms. The first-order chi connectivity index (χ1) is 19.0. The highest BCUT2D eigenvalue weighted by Gasteiger charge is 2.19. The highest BCUT2D eigenvalue weighted by atomic mass is 19.1. The quantitative estimate of drug-likeness (QED) is 0.246. The zero-order chi connectivity index (χ0) is 27.9. The van der Waals surface area contributed by atoms with Gasteiger partial charge < -0.3 is 29.0 Å². The summed E-state index contributed by atoms with van der Waals surface area (Å²) < 4.78 is 36.1. The van der Waals surface area contributed by atoms with E-state index in [9.17, 15) is 19.1 Å². The lowest BCUT2D eigenvalue weighted by Gasteiger charge is -2.22. The summed E-state index contributed by atoms with van der Waals surface area (Å²) in [7, 11) is 0. The number of ether oxygens (including phenoxy) is 4. The van der Waals surface area contributed by atoms with Crippen molar-refractivity contribution in [3.8, 4) is 11.5 Å². The van der Waals surface area contributed by atoms with Crippen molar-refractivity contribution < 1.29 is 38.0 Å². The van der Waals surface area contributed by atoms with E-state index in [0.717, 1.165) is 11.1 Å². The van der Waals surface area contributed by atoms with Crippen molar-refractivity contribution in [1.29, 1.82) is 0 Å². The molecule has 0 aliphatic carbocycles. The van der Waals surface area contributed by atoms with Gasteiger partial charge in [-0.3, -0.25) is 0 Å². The number of carboxylic acids is 1. The third-order valence-electron chi connectivity index (χ3n) is 5.74. The van der Waals surface area contributed by atoms with Crippen LogP contribution in [0.1, 0.15) is 24.5 Å². The van der Waals surface area contributed by atoms with Crippen molar-refractivity contribution in [3.63, 3.8) is 0 Å². The van der Waals surface area contributed by atoms with Crippen molar-refractivity contribution in [2.75, 3.05) is 32.9 Å². The molecule has 3 aromatic rings. The first-order valence-corrected chi connectivity index (χ1v) is 12.9. The Hall–Kier alpha value is -3.95. The molecule has 0 saturated heterocycles. The van der Waals surface area contributed by atoms with Gasteiger partial charge in [-0.15, -0.1) is 0 Å². The van der Waals surface area contributed by atoms with Crippen LogP contribution in [0.2, 0.25) is 0 Å². The maximum Gasteiger partial charge on any atom is 0.415 e. The second-order valence-electron chi connectivity index (χ2n) is 8.66. The number of hydrogen-bond acceptors (Lipinski definition) is 6. The van der Waals surface area contributed by atoms with Crippen LogP contribution in [0.25, 0.3) is 0 Å². The number of nitrogens with zero attached hydrogens (tertiary/aromatic N) is 1. The fraction of sp³-hybridized carbons (Fsp3) is 0.333. The lowest BCUT2D eigenvalue weighted by Crippen LogP contribution is -2.38. The van der Waals surface area contributed by atoms with Crippen LogP contribution in [0.3, 0.4) is 0 Å². The molecule has 0 fully saturated rings. The summed E-state index contributed by atoms with van der Waals surface area (Å²) in [6.07, 6.45) is -0.797. The van der Waals surface area contributed by atoms with Gasteiger partial charge in [0.25, 0.3) is 0 Å². The summed E-state index contributed by atoms with van der Waals surface area (Å²) in [6.45, 7) is 3.68. The first-order valence-electron chi connectivity index (χ1n) is 12.9. The lowest BCUT2D eigenvalue weighted by molar-refractivity contribution is -0.149. The minimum Gasteiger partial charge on any atom is -0.492 e. The van der Waals surface area contributed by atoms with Gasteiger partial charge in [0.05, 0.1) is 13.2 Å². The topological polar surface area (TPSA) is 94.5 Å². The summed E-state index contributed by atoms with van der Waals surface area (Å²) in [6, 6.07) is 22.5. The van der Waals surface area contributed by atoms with Crippen LogP contribution in [0.5, 0.6) is 11.5 Å². The maximum absolute atomic E-state index is 14.0. The van der Waals surface area contributed by atoms with Gasteiger partial charge in [0.1, 0.15) is 12.4 Å². The van der Waals surface area contributed by atoms with E-state index in [-0.39, 0.29) is 25.3 Å². The lowest BCUT2D eigenvalue weighted by atomic mass is 10.1. The van der Waals surface area contributed by atoms with Crippen LogP contribution in [-0.4, -0.2) is 61.1 Å². The van der Waals surface area contributed by atoms with Gasteiger partial charge in [0.15, 0.2) is 17.7 Å². The van der Waals surface area contributed by atoms with Crippen LogP contribution < -0.4 is 9.47 Å².